The number of hydrogen-bond donors (Lipinski definition) is 0. The van der Waals surface area contributed by atoms with E-state index in [1.54, 1.807) is 0 Å². The predicted molar refractivity (Wildman–Crippen MR) is 191 cm³/mol. The third-order valence-electron chi connectivity index (χ3n) is 8.07. The summed E-state index contributed by atoms with van der Waals surface area (Å²) in [5.74, 6) is 3.23. The van der Waals surface area contributed by atoms with Crippen LogP contribution in [0.5, 0.6) is 23.0 Å². The lowest BCUT2D eigenvalue weighted by Crippen LogP contribution is -2.50. The van der Waals surface area contributed by atoms with Gasteiger partial charge in [0.05, 0.1) is 29.5 Å². The third-order valence-corrected chi connectivity index (χ3v) is 12.3. The Hall–Kier alpha value is -4.69. The minimum atomic E-state index is -0.996. The monoisotopic (exact) mass is 622 g/mol. The van der Waals surface area contributed by atoms with Gasteiger partial charge >= 0.3 is 0 Å². The second-order valence-corrected chi connectivity index (χ2v) is 16.8. The van der Waals surface area contributed by atoms with E-state index in [2.05, 4.69) is 111 Å². The third kappa shape index (κ3) is 7.89. The molecule has 6 aromatic rings. The molecule has 0 fully saturated rings. The maximum atomic E-state index is 7.63. The van der Waals surface area contributed by atoms with Crippen molar-refractivity contribution in [3.8, 4) is 23.0 Å². The molecule has 45 heavy (non-hydrogen) atoms. The van der Waals surface area contributed by atoms with E-state index in [1.807, 2.05) is 72.8 Å². The maximum Gasteiger partial charge on any atom is 0.127 e. The van der Waals surface area contributed by atoms with Crippen LogP contribution < -0.4 is 19.8 Å². The van der Waals surface area contributed by atoms with Crippen LogP contribution in [0.2, 0.25) is 0 Å². The Kier molecular flexibility index (Phi) is 9.41. The lowest BCUT2D eigenvalue weighted by Gasteiger charge is -2.42. The highest BCUT2D eigenvalue weighted by molar-refractivity contribution is 6.58. The van der Waals surface area contributed by atoms with Crippen LogP contribution >= 0.6 is 0 Å². The minimum Gasteiger partial charge on any atom is -0.457 e. The first-order valence-corrected chi connectivity index (χ1v) is 18.3. The number of benzene rings is 6. The van der Waals surface area contributed by atoms with Gasteiger partial charge in [0.15, 0.2) is 0 Å². The summed E-state index contributed by atoms with van der Waals surface area (Å²) in [6.45, 7) is 4.55. The fourth-order valence-electron chi connectivity index (χ4n) is 5.89. The van der Waals surface area contributed by atoms with Crippen molar-refractivity contribution >= 4 is 29.4 Å². The molecule has 0 saturated heterocycles. The van der Waals surface area contributed by atoms with Gasteiger partial charge in [-0.1, -0.05) is 132 Å². The Morgan fingerprint density at radius 2 is 0.711 bits per heavy atom. The summed E-state index contributed by atoms with van der Waals surface area (Å²) < 4.78 is 20.2. The lowest BCUT2D eigenvalue weighted by atomic mass is 10.1. The maximum absolute atomic E-state index is 7.63. The Labute approximate surface area is 271 Å². The SMILES string of the molecule is CC(OC(C)([SiH2]c1ccccc1)c1cccc(Oc2ccccc2)c1)([SiH2]c1ccccc1)c1cccc(Oc2ccccc2)c1. The molecular formula is C40H38O3Si2. The Balaban J connectivity index is 1.41. The second-order valence-electron chi connectivity index (χ2n) is 11.8. The quantitative estimate of drug-likeness (QED) is 0.134. The summed E-state index contributed by atoms with van der Waals surface area (Å²) in [7, 11) is -1.99. The molecule has 2 atom stereocenters. The summed E-state index contributed by atoms with van der Waals surface area (Å²) in [5.41, 5.74) is 2.24. The van der Waals surface area contributed by atoms with Crippen molar-refractivity contribution in [1.82, 2.24) is 0 Å². The molecule has 0 radical (unpaired) electrons. The van der Waals surface area contributed by atoms with Crippen molar-refractivity contribution in [3.63, 3.8) is 0 Å². The van der Waals surface area contributed by atoms with Gasteiger partial charge in [0, 0.05) is 0 Å². The Bertz CT molecular complexity index is 1670. The first kappa shape index (κ1) is 30.3. The molecule has 0 spiro atoms. The van der Waals surface area contributed by atoms with Crippen molar-refractivity contribution in [3.05, 3.63) is 181 Å². The van der Waals surface area contributed by atoms with Crippen LogP contribution in [-0.2, 0) is 15.2 Å². The van der Waals surface area contributed by atoms with Crippen molar-refractivity contribution in [2.45, 2.75) is 24.3 Å². The number of ether oxygens (including phenoxy) is 3. The van der Waals surface area contributed by atoms with Crippen LogP contribution in [0.25, 0.3) is 0 Å². The molecule has 224 valence electrons. The summed E-state index contributed by atoms with van der Waals surface area (Å²) in [4.78, 5) is 0. The fourth-order valence-corrected chi connectivity index (χ4v) is 10.3. The van der Waals surface area contributed by atoms with Gasteiger partial charge in [0.1, 0.15) is 23.0 Å². The molecule has 0 aliphatic carbocycles. The first-order valence-electron chi connectivity index (χ1n) is 15.4. The van der Waals surface area contributed by atoms with E-state index in [-0.39, 0.29) is 0 Å². The first-order chi connectivity index (χ1) is 22.0. The second kappa shape index (κ2) is 14.0. The normalized spacial score (nSPS) is 14.3. The van der Waals surface area contributed by atoms with Gasteiger partial charge in [-0.15, -0.1) is 0 Å². The van der Waals surface area contributed by atoms with Gasteiger partial charge in [0.2, 0.25) is 0 Å². The van der Waals surface area contributed by atoms with Gasteiger partial charge in [-0.05, 0) is 73.5 Å². The van der Waals surface area contributed by atoms with Gasteiger partial charge < -0.3 is 14.2 Å². The standard InChI is InChI=1S/C40H38O3Si2/c1-39(44-37-25-11-5-12-26-37,31-17-15-23-35(29-31)41-33-19-7-3-8-20-33)43-40(2,45-38-27-13-6-14-28-38)32-18-16-24-36(30-32)42-34-21-9-4-10-22-34/h3-30H,44-45H2,1-2H3. The number of hydrogen-bond acceptors (Lipinski definition) is 3. The van der Waals surface area contributed by atoms with Crippen LogP contribution in [0, 0.1) is 0 Å². The van der Waals surface area contributed by atoms with Crippen molar-refractivity contribution in [2.24, 2.45) is 0 Å². The van der Waals surface area contributed by atoms with Crippen LogP contribution in [-0.4, -0.2) is 19.0 Å². The molecule has 0 N–H and O–H groups in total. The lowest BCUT2D eigenvalue weighted by molar-refractivity contribution is -0.0585. The smallest absolute Gasteiger partial charge is 0.127 e. The van der Waals surface area contributed by atoms with Crippen molar-refractivity contribution in [1.29, 1.82) is 0 Å². The van der Waals surface area contributed by atoms with Gasteiger partial charge in [0.25, 0.3) is 0 Å². The number of para-hydroxylation sites is 2. The molecule has 2 unspecified atom stereocenters. The van der Waals surface area contributed by atoms with E-state index in [1.165, 1.54) is 10.4 Å². The molecule has 0 bridgehead atoms. The zero-order chi connectivity index (χ0) is 31.0. The molecule has 0 aromatic heterocycles. The zero-order valence-electron chi connectivity index (χ0n) is 25.8. The molecule has 0 heterocycles. The summed E-state index contributed by atoms with van der Waals surface area (Å²) in [5, 5.41) is 1.62. The summed E-state index contributed by atoms with van der Waals surface area (Å²) >= 11 is 0. The van der Waals surface area contributed by atoms with Crippen LogP contribution in [0.3, 0.4) is 0 Å². The largest absolute Gasteiger partial charge is 0.457 e. The number of rotatable bonds is 12. The molecule has 0 saturated carbocycles. The van der Waals surface area contributed by atoms with Crippen molar-refractivity contribution in [2.75, 3.05) is 0 Å². The average molecular weight is 623 g/mol. The van der Waals surface area contributed by atoms with Gasteiger partial charge in [-0.2, -0.15) is 0 Å². The van der Waals surface area contributed by atoms with E-state index in [4.69, 9.17) is 14.2 Å². The Morgan fingerprint density at radius 1 is 0.378 bits per heavy atom. The predicted octanol–water partition coefficient (Wildman–Crippen LogP) is 7.32. The Morgan fingerprint density at radius 3 is 1.09 bits per heavy atom. The highest BCUT2D eigenvalue weighted by Gasteiger charge is 2.40. The van der Waals surface area contributed by atoms with E-state index in [9.17, 15) is 0 Å². The van der Waals surface area contributed by atoms with Crippen LogP contribution in [0.15, 0.2) is 170 Å². The topological polar surface area (TPSA) is 27.7 Å². The van der Waals surface area contributed by atoms with Gasteiger partial charge in [-0.3, -0.25) is 0 Å². The van der Waals surface area contributed by atoms with Crippen molar-refractivity contribution < 1.29 is 14.2 Å². The zero-order valence-corrected chi connectivity index (χ0v) is 28.6. The summed E-state index contributed by atoms with van der Waals surface area (Å²) in [6.07, 6.45) is 0. The van der Waals surface area contributed by atoms with E-state index in [0.29, 0.717) is 0 Å². The molecule has 3 nitrogen and oxygen atoms in total. The molecule has 0 aliphatic rings. The van der Waals surface area contributed by atoms with E-state index in [0.717, 1.165) is 34.1 Å². The average Bonchev–Trinajstić information content (AvgIpc) is 3.07. The summed E-state index contributed by atoms with van der Waals surface area (Å²) in [6, 6.07) is 58.3. The van der Waals surface area contributed by atoms with E-state index < -0.39 is 29.5 Å². The van der Waals surface area contributed by atoms with Crippen LogP contribution in [0.4, 0.5) is 0 Å². The minimum absolute atomic E-state index is 0.537. The van der Waals surface area contributed by atoms with E-state index >= 15 is 0 Å². The van der Waals surface area contributed by atoms with Crippen LogP contribution in [0.1, 0.15) is 25.0 Å². The highest BCUT2D eigenvalue weighted by atomic mass is 28.2. The molecule has 6 aromatic carbocycles. The molecular weight excluding hydrogens is 585 g/mol. The van der Waals surface area contributed by atoms with Gasteiger partial charge in [-0.25, -0.2) is 0 Å². The molecule has 6 rings (SSSR count). The molecule has 5 heteroatoms. The fraction of sp³-hybridized carbons (Fsp3) is 0.100. The molecule has 0 amide bonds. The highest BCUT2D eigenvalue weighted by Crippen LogP contribution is 2.38. The molecule has 0 aliphatic heterocycles.